The van der Waals surface area contributed by atoms with Crippen LogP contribution in [0.2, 0.25) is 0 Å². The minimum Gasteiger partial charge on any atom is -0.268 e. The molecule has 3 nitrogen and oxygen atoms in total. The first kappa shape index (κ1) is 15.1. The fourth-order valence-electron chi connectivity index (χ4n) is 2.69. The quantitative estimate of drug-likeness (QED) is 0.499. The highest BCUT2D eigenvalue weighted by Gasteiger charge is 2.33. The summed E-state index contributed by atoms with van der Waals surface area (Å²) >= 11 is 6.71. The Morgan fingerprint density at radius 2 is 1.88 bits per heavy atom. The van der Waals surface area contributed by atoms with Crippen LogP contribution in [0.25, 0.3) is 16.8 Å². The van der Waals surface area contributed by atoms with Gasteiger partial charge in [0, 0.05) is 6.20 Å². The van der Waals surface area contributed by atoms with Gasteiger partial charge in [-0.1, -0.05) is 66.4 Å². The molecule has 0 atom stereocenters. The van der Waals surface area contributed by atoms with Gasteiger partial charge in [-0.2, -0.15) is 0 Å². The molecule has 2 heterocycles. The molecule has 0 radical (unpaired) electrons. The number of thioether (sulfide) groups is 1. The number of nitrogens with zero attached hydrogens (tertiary/aromatic N) is 2. The second-order valence-electron chi connectivity index (χ2n) is 5.30. The van der Waals surface area contributed by atoms with Gasteiger partial charge in [-0.25, -0.2) is 0 Å². The van der Waals surface area contributed by atoms with Crippen molar-refractivity contribution in [2.75, 3.05) is 4.90 Å². The second kappa shape index (κ2) is 6.19. The Labute approximate surface area is 149 Å². The predicted octanol–water partition coefficient (Wildman–Crippen LogP) is 4.64. The van der Waals surface area contributed by atoms with E-state index in [4.69, 9.17) is 12.2 Å². The van der Waals surface area contributed by atoms with Crippen molar-refractivity contribution in [3.05, 3.63) is 77.5 Å². The zero-order valence-corrected chi connectivity index (χ0v) is 14.2. The Morgan fingerprint density at radius 3 is 2.71 bits per heavy atom. The highest BCUT2D eigenvalue weighted by Crippen LogP contribution is 2.36. The number of aromatic nitrogens is 1. The molecule has 0 N–H and O–H groups in total. The predicted molar refractivity (Wildman–Crippen MR) is 104 cm³/mol. The number of carbonyl (C=O) groups excluding carboxylic acids is 1. The smallest absolute Gasteiger partial charge is 0.268 e. The van der Waals surface area contributed by atoms with Gasteiger partial charge in [0.1, 0.15) is 0 Å². The number of pyridine rings is 1. The molecular weight excluding hydrogens is 336 g/mol. The van der Waals surface area contributed by atoms with Gasteiger partial charge in [-0.05, 0) is 34.5 Å². The maximum Gasteiger partial charge on any atom is 0.270 e. The van der Waals surface area contributed by atoms with Crippen molar-refractivity contribution in [1.82, 2.24) is 4.98 Å². The first-order chi connectivity index (χ1) is 11.7. The van der Waals surface area contributed by atoms with E-state index in [0.717, 1.165) is 16.3 Å². The molecule has 0 bridgehead atoms. The number of benzene rings is 2. The molecule has 0 spiro atoms. The van der Waals surface area contributed by atoms with Crippen LogP contribution in [0.3, 0.4) is 0 Å². The van der Waals surface area contributed by atoms with Crippen LogP contribution in [0.5, 0.6) is 0 Å². The SMILES string of the molecule is O=C1/C(=C/c2cccc3ccccc23)SC(=S)N1c1cccnc1. The Morgan fingerprint density at radius 1 is 1.04 bits per heavy atom. The maximum atomic E-state index is 12.8. The second-order valence-corrected chi connectivity index (χ2v) is 6.97. The van der Waals surface area contributed by atoms with Crippen LogP contribution in [0.15, 0.2) is 71.9 Å². The third-order valence-corrected chi connectivity index (χ3v) is 5.11. The van der Waals surface area contributed by atoms with Gasteiger partial charge < -0.3 is 0 Å². The molecule has 2 aromatic carbocycles. The van der Waals surface area contributed by atoms with Crippen LogP contribution >= 0.6 is 24.0 Å². The van der Waals surface area contributed by atoms with E-state index >= 15 is 0 Å². The lowest BCUT2D eigenvalue weighted by atomic mass is 10.0. The first-order valence-corrected chi connectivity index (χ1v) is 8.62. The number of carbonyl (C=O) groups is 1. The number of fused-ring (bicyclic) bond motifs is 1. The molecule has 1 aromatic heterocycles. The van der Waals surface area contributed by atoms with Crippen LogP contribution in [0, 0.1) is 0 Å². The van der Waals surface area contributed by atoms with Crippen LogP contribution in [0.1, 0.15) is 5.56 Å². The zero-order valence-electron chi connectivity index (χ0n) is 12.5. The fraction of sp³-hybridized carbons (Fsp3) is 0. The molecule has 4 rings (SSSR count). The number of hydrogen-bond donors (Lipinski definition) is 0. The number of anilines is 1. The summed E-state index contributed by atoms with van der Waals surface area (Å²) in [6.45, 7) is 0. The number of amides is 1. The summed E-state index contributed by atoms with van der Waals surface area (Å²) in [7, 11) is 0. The Hall–Kier alpha value is -2.50. The van der Waals surface area contributed by atoms with Crippen molar-refractivity contribution in [2.24, 2.45) is 0 Å². The molecule has 1 aliphatic heterocycles. The van der Waals surface area contributed by atoms with Crippen molar-refractivity contribution in [1.29, 1.82) is 0 Å². The van der Waals surface area contributed by atoms with Crippen molar-refractivity contribution < 1.29 is 4.79 Å². The molecule has 0 unspecified atom stereocenters. The minimum absolute atomic E-state index is 0.106. The maximum absolute atomic E-state index is 12.8. The summed E-state index contributed by atoms with van der Waals surface area (Å²) in [6, 6.07) is 17.8. The van der Waals surface area contributed by atoms with E-state index in [1.54, 1.807) is 18.5 Å². The molecule has 116 valence electrons. The van der Waals surface area contributed by atoms with E-state index in [1.807, 2.05) is 36.4 Å². The van der Waals surface area contributed by atoms with Gasteiger partial charge in [0.25, 0.3) is 5.91 Å². The topological polar surface area (TPSA) is 33.2 Å². The molecule has 3 aromatic rings. The van der Waals surface area contributed by atoms with Crippen molar-refractivity contribution >= 4 is 56.7 Å². The molecule has 24 heavy (non-hydrogen) atoms. The molecule has 1 amide bonds. The van der Waals surface area contributed by atoms with Gasteiger partial charge >= 0.3 is 0 Å². The largest absolute Gasteiger partial charge is 0.270 e. The molecule has 0 saturated carbocycles. The average molecular weight is 348 g/mol. The van der Waals surface area contributed by atoms with Gasteiger partial charge in [0.05, 0.1) is 16.8 Å². The van der Waals surface area contributed by atoms with E-state index in [1.165, 1.54) is 16.7 Å². The highest BCUT2D eigenvalue weighted by atomic mass is 32.2. The summed E-state index contributed by atoms with van der Waals surface area (Å²) in [5.41, 5.74) is 1.71. The number of hydrogen-bond acceptors (Lipinski definition) is 4. The van der Waals surface area contributed by atoms with Crippen molar-refractivity contribution in [2.45, 2.75) is 0 Å². The minimum atomic E-state index is -0.106. The molecular formula is C19H12N2OS2. The molecule has 1 fully saturated rings. The summed E-state index contributed by atoms with van der Waals surface area (Å²) in [5.74, 6) is -0.106. The number of rotatable bonds is 2. The molecule has 1 saturated heterocycles. The van der Waals surface area contributed by atoms with Gasteiger partial charge in [-0.15, -0.1) is 0 Å². The van der Waals surface area contributed by atoms with Crippen LogP contribution in [-0.4, -0.2) is 15.2 Å². The van der Waals surface area contributed by atoms with E-state index in [9.17, 15) is 4.79 Å². The molecule has 0 aliphatic carbocycles. The van der Waals surface area contributed by atoms with Gasteiger partial charge in [0.2, 0.25) is 0 Å². The Bertz CT molecular complexity index is 978. The summed E-state index contributed by atoms with van der Waals surface area (Å²) in [6.07, 6.45) is 5.23. The zero-order chi connectivity index (χ0) is 16.5. The van der Waals surface area contributed by atoms with E-state index in [0.29, 0.717) is 14.9 Å². The number of thiocarbonyl (C=S) groups is 1. The van der Waals surface area contributed by atoms with Crippen LogP contribution in [-0.2, 0) is 4.79 Å². The van der Waals surface area contributed by atoms with Crippen LogP contribution < -0.4 is 4.90 Å². The third-order valence-electron chi connectivity index (χ3n) is 3.81. The van der Waals surface area contributed by atoms with Crippen LogP contribution in [0.4, 0.5) is 5.69 Å². The Balaban J connectivity index is 1.76. The summed E-state index contributed by atoms with van der Waals surface area (Å²) in [4.78, 5) is 19.0. The lowest BCUT2D eigenvalue weighted by molar-refractivity contribution is -0.113. The van der Waals surface area contributed by atoms with Gasteiger partial charge in [0.15, 0.2) is 4.32 Å². The average Bonchev–Trinajstić information content (AvgIpc) is 2.90. The summed E-state index contributed by atoms with van der Waals surface area (Å²) in [5, 5.41) is 2.26. The highest BCUT2D eigenvalue weighted by molar-refractivity contribution is 8.27. The van der Waals surface area contributed by atoms with E-state index in [2.05, 4.69) is 23.2 Å². The lowest BCUT2D eigenvalue weighted by Gasteiger charge is -2.13. The monoisotopic (exact) mass is 348 g/mol. The van der Waals surface area contributed by atoms with E-state index < -0.39 is 0 Å². The first-order valence-electron chi connectivity index (χ1n) is 7.40. The molecule has 1 aliphatic rings. The normalized spacial score (nSPS) is 16.3. The van der Waals surface area contributed by atoms with Crippen molar-refractivity contribution in [3.8, 4) is 0 Å². The van der Waals surface area contributed by atoms with Gasteiger partial charge in [-0.3, -0.25) is 14.7 Å². The third kappa shape index (κ3) is 2.62. The van der Waals surface area contributed by atoms with E-state index in [-0.39, 0.29) is 5.91 Å². The Kier molecular flexibility index (Phi) is 3.88. The molecule has 5 heteroatoms. The van der Waals surface area contributed by atoms with Crippen molar-refractivity contribution in [3.63, 3.8) is 0 Å². The summed E-state index contributed by atoms with van der Waals surface area (Å²) < 4.78 is 0.527. The fourth-order valence-corrected chi connectivity index (χ4v) is 3.98. The standard InChI is InChI=1S/C19H12N2OS2/c22-18-17(24-19(23)21(18)15-8-4-10-20-12-15)11-14-7-3-6-13-5-1-2-9-16(13)14/h1-12H/b17-11-. The lowest BCUT2D eigenvalue weighted by Crippen LogP contribution is -2.27.